The molecule has 0 bridgehead atoms. The van der Waals surface area contributed by atoms with Gasteiger partial charge in [-0.3, -0.25) is 24.3 Å². The number of carbonyl (C=O) groups excluding carboxylic acids is 4. The van der Waals surface area contributed by atoms with E-state index in [4.69, 9.17) is 28.4 Å². The van der Waals surface area contributed by atoms with Crippen LogP contribution in [-0.2, 0) is 28.7 Å². The number of ether oxygens (including phenoxy) is 6. The van der Waals surface area contributed by atoms with E-state index in [1.807, 2.05) is 50.2 Å². The minimum Gasteiger partial charge on any atom is -0.482 e. The van der Waals surface area contributed by atoms with Gasteiger partial charge in [0, 0.05) is 50.4 Å². The molecule has 2 atom stereocenters. The van der Waals surface area contributed by atoms with Crippen LogP contribution < -0.4 is 34.1 Å². The Morgan fingerprint density at radius 3 is 1.48 bits per heavy atom. The highest BCUT2D eigenvalue weighted by Gasteiger charge is 2.46. The molecule has 2 amide bonds. The van der Waals surface area contributed by atoms with Gasteiger partial charge in [0.1, 0.15) is 34.8 Å². The molecule has 0 aliphatic carbocycles. The highest BCUT2D eigenvalue weighted by Crippen LogP contribution is 2.43. The second kappa shape index (κ2) is 18.6. The number of likely N-dealkylation sites (tertiary alicyclic amines) is 1. The molecule has 8 rings (SSSR count). The van der Waals surface area contributed by atoms with Crippen LogP contribution in [0.5, 0.6) is 23.0 Å². The van der Waals surface area contributed by atoms with Gasteiger partial charge in [0.25, 0.3) is 11.8 Å². The fraction of sp³-hybridized carbons (Fsp3) is 0.404. The van der Waals surface area contributed by atoms with Crippen molar-refractivity contribution in [2.45, 2.75) is 70.9 Å². The van der Waals surface area contributed by atoms with Gasteiger partial charge in [-0.1, -0.05) is 60.7 Å². The van der Waals surface area contributed by atoms with Crippen LogP contribution in [0.4, 0.5) is 20.2 Å². The summed E-state index contributed by atoms with van der Waals surface area (Å²) in [4.78, 5) is 54.3. The van der Waals surface area contributed by atoms with Crippen LogP contribution in [0.3, 0.4) is 0 Å². The van der Waals surface area contributed by atoms with Crippen LogP contribution >= 0.6 is 0 Å². The third-order valence-corrected chi connectivity index (χ3v) is 11.2. The van der Waals surface area contributed by atoms with Crippen molar-refractivity contribution in [2.24, 2.45) is 0 Å². The molecule has 4 aromatic rings. The van der Waals surface area contributed by atoms with E-state index in [1.165, 1.54) is 45.2 Å². The smallest absolute Gasteiger partial charge is 0.328 e. The van der Waals surface area contributed by atoms with Gasteiger partial charge in [-0.2, -0.15) is 0 Å². The minimum absolute atomic E-state index is 0.00114. The van der Waals surface area contributed by atoms with Crippen molar-refractivity contribution in [3.05, 3.63) is 108 Å². The Hall–Kier alpha value is -6.26. The topological polar surface area (TPSA) is 145 Å². The second-order valence-corrected chi connectivity index (χ2v) is 16.3. The first-order valence-corrected chi connectivity index (χ1v) is 21.0. The Kier molecular flexibility index (Phi) is 13.2. The Morgan fingerprint density at radius 2 is 1.10 bits per heavy atom. The molecule has 2 fully saturated rings. The zero-order valence-corrected chi connectivity index (χ0v) is 36.2. The van der Waals surface area contributed by atoms with Crippen LogP contribution in [0.15, 0.2) is 84.9 Å². The number of nitrogens with one attached hydrogen (secondary N) is 1. The quantitative estimate of drug-likeness (QED) is 0.158. The number of nitrogens with zero attached hydrogens (tertiary/aromatic N) is 3. The molecule has 0 spiro atoms. The molecule has 4 aliphatic rings. The third kappa shape index (κ3) is 9.56. The summed E-state index contributed by atoms with van der Waals surface area (Å²) in [6.45, 7) is 12.5. The third-order valence-electron chi connectivity index (χ3n) is 11.2. The SMILES string of the molecule is CCOC(=O)C(C)N1C(=O)COc2cc(F)c(OC3(C)CN(C(c4ccccc4)c4ccccc4)C3)cc21.CCOC(=O)C(C)N1C(=O)COc2cc(F)c(OC3(C)CNC3)cc21. The van der Waals surface area contributed by atoms with Crippen molar-refractivity contribution in [2.75, 3.05) is 62.4 Å². The second-order valence-electron chi connectivity index (χ2n) is 16.3. The van der Waals surface area contributed by atoms with E-state index in [1.54, 1.807) is 27.7 Å². The molecular formula is C47H52F2N4O10. The molecule has 16 heteroatoms. The van der Waals surface area contributed by atoms with Gasteiger partial charge < -0.3 is 33.7 Å². The molecule has 0 saturated carbocycles. The number of rotatable bonds is 13. The normalized spacial score (nSPS) is 18.1. The van der Waals surface area contributed by atoms with Gasteiger partial charge in [0.05, 0.1) is 30.6 Å². The van der Waals surface area contributed by atoms with E-state index in [0.29, 0.717) is 31.9 Å². The standard InChI is InChI=1S/C30H31FN2O5.C17H21FN2O5/c1-4-36-29(35)20(2)33-24-16-25(23(31)15-26(24)37-17-27(33)34)38-30(3)18-32(19-30)28(21-11-7-5-8-12-21)22-13-9-6-10-14-22;1-4-23-16(22)10(2)20-12-6-13(25-17(3)8-19-9-17)11(18)5-14(12)24-7-15(20)21/h5-16,20,28H,4,17-19H2,1-3H3;5-6,10,19H,4,7-9H2,1-3H3. The van der Waals surface area contributed by atoms with Crippen molar-refractivity contribution >= 4 is 35.1 Å². The summed E-state index contributed by atoms with van der Waals surface area (Å²) in [5, 5.41) is 3.07. The number of hydrogen-bond acceptors (Lipinski definition) is 12. The highest BCUT2D eigenvalue weighted by atomic mass is 19.1. The number of halogens is 2. The van der Waals surface area contributed by atoms with Gasteiger partial charge in [0.2, 0.25) is 0 Å². The lowest BCUT2D eigenvalue weighted by Crippen LogP contribution is -2.64. The molecule has 4 heterocycles. The van der Waals surface area contributed by atoms with E-state index in [9.17, 15) is 23.6 Å². The molecule has 4 aliphatic heterocycles. The largest absolute Gasteiger partial charge is 0.482 e. The molecule has 2 saturated heterocycles. The number of hydrogen-bond donors (Lipinski definition) is 1. The van der Waals surface area contributed by atoms with Crippen molar-refractivity contribution in [1.82, 2.24) is 10.2 Å². The Bertz CT molecular complexity index is 2280. The summed E-state index contributed by atoms with van der Waals surface area (Å²) >= 11 is 0. The minimum atomic E-state index is -0.893. The maximum Gasteiger partial charge on any atom is 0.328 e. The van der Waals surface area contributed by atoms with Crippen molar-refractivity contribution in [3.63, 3.8) is 0 Å². The van der Waals surface area contributed by atoms with Gasteiger partial charge in [-0.15, -0.1) is 0 Å². The van der Waals surface area contributed by atoms with Crippen LogP contribution in [0, 0.1) is 11.6 Å². The van der Waals surface area contributed by atoms with Gasteiger partial charge >= 0.3 is 11.9 Å². The lowest BCUT2D eigenvalue weighted by molar-refractivity contribution is -0.146. The zero-order valence-electron chi connectivity index (χ0n) is 36.2. The number of fused-ring (bicyclic) bond motifs is 2. The Morgan fingerprint density at radius 1 is 0.683 bits per heavy atom. The first-order chi connectivity index (χ1) is 30.1. The number of benzene rings is 4. The van der Waals surface area contributed by atoms with Crippen molar-refractivity contribution in [1.29, 1.82) is 0 Å². The fourth-order valence-corrected chi connectivity index (χ4v) is 8.11. The molecule has 63 heavy (non-hydrogen) atoms. The predicted octanol–water partition coefficient (Wildman–Crippen LogP) is 5.99. The van der Waals surface area contributed by atoms with Crippen LogP contribution in [0.25, 0.3) is 0 Å². The number of esters is 2. The Labute approximate surface area is 364 Å². The van der Waals surface area contributed by atoms with Crippen LogP contribution in [-0.4, -0.2) is 105 Å². The molecule has 4 aromatic carbocycles. The fourth-order valence-electron chi connectivity index (χ4n) is 8.11. The summed E-state index contributed by atoms with van der Waals surface area (Å²) in [5.74, 6) is -2.68. The van der Waals surface area contributed by atoms with Crippen molar-refractivity contribution in [3.8, 4) is 23.0 Å². The molecule has 2 unspecified atom stereocenters. The van der Waals surface area contributed by atoms with Gasteiger partial charge in [0.15, 0.2) is 36.3 Å². The number of amides is 2. The average molecular weight is 871 g/mol. The summed E-state index contributed by atoms with van der Waals surface area (Å²) in [7, 11) is 0. The molecular weight excluding hydrogens is 819 g/mol. The van der Waals surface area contributed by atoms with E-state index >= 15 is 4.39 Å². The molecule has 0 radical (unpaired) electrons. The number of carbonyl (C=O) groups is 4. The lowest BCUT2D eigenvalue weighted by Gasteiger charge is -2.51. The predicted molar refractivity (Wildman–Crippen MR) is 228 cm³/mol. The highest BCUT2D eigenvalue weighted by molar-refractivity contribution is 6.04. The monoisotopic (exact) mass is 870 g/mol. The summed E-state index contributed by atoms with van der Waals surface area (Å²) in [6.07, 6.45) is 0. The van der Waals surface area contributed by atoms with Gasteiger partial charge in [-0.25, -0.2) is 18.4 Å². The Balaban J connectivity index is 0.000000206. The first kappa shape index (κ1) is 44.8. The van der Waals surface area contributed by atoms with E-state index in [2.05, 4.69) is 34.5 Å². The number of anilines is 2. The van der Waals surface area contributed by atoms with E-state index in [-0.39, 0.29) is 61.2 Å². The molecule has 0 aromatic heterocycles. The van der Waals surface area contributed by atoms with E-state index in [0.717, 1.165) is 0 Å². The molecule has 1 N–H and O–H groups in total. The first-order valence-electron chi connectivity index (χ1n) is 21.0. The van der Waals surface area contributed by atoms with Crippen LogP contribution in [0.1, 0.15) is 58.7 Å². The zero-order chi connectivity index (χ0) is 45.1. The van der Waals surface area contributed by atoms with E-state index < -0.39 is 58.7 Å². The maximum atomic E-state index is 15.1. The lowest BCUT2D eigenvalue weighted by atomic mass is 9.88. The van der Waals surface area contributed by atoms with Gasteiger partial charge in [-0.05, 0) is 52.7 Å². The van der Waals surface area contributed by atoms with Crippen molar-refractivity contribution < 1.29 is 56.4 Å². The van der Waals surface area contributed by atoms with Crippen LogP contribution in [0.2, 0.25) is 0 Å². The summed E-state index contributed by atoms with van der Waals surface area (Å²) in [5.41, 5.74) is 1.74. The molecule has 14 nitrogen and oxygen atoms in total. The maximum absolute atomic E-state index is 15.1. The average Bonchev–Trinajstić information content (AvgIpc) is 3.24. The molecule has 334 valence electrons. The summed E-state index contributed by atoms with van der Waals surface area (Å²) in [6, 6.07) is 24.0. The summed E-state index contributed by atoms with van der Waals surface area (Å²) < 4.78 is 62.4.